The van der Waals surface area contributed by atoms with Gasteiger partial charge in [-0.05, 0) is 0 Å². The van der Waals surface area contributed by atoms with E-state index in [9.17, 15) is 0 Å². The van der Waals surface area contributed by atoms with Crippen molar-refractivity contribution in [3.63, 3.8) is 0 Å². The van der Waals surface area contributed by atoms with E-state index in [1.54, 1.807) is 0 Å². The Hall–Kier alpha value is -1.53. The van der Waals surface area contributed by atoms with E-state index in [0.717, 1.165) is 27.7 Å². The van der Waals surface area contributed by atoms with Gasteiger partial charge in [0.2, 0.25) is 10.4 Å². The van der Waals surface area contributed by atoms with Crippen LogP contribution in [0, 0.1) is 0 Å². The summed E-state index contributed by atoms with van der Waals surface area (Å²) in [6.07, 6.45) is 0. The van der Waals surface area contributed by atoms with Crippen molar-refractivity contribution in [3.8, 4) is 0 Å². The summed E-state index contributed by atoms with van der Waals surface area (Å²) in [4.78, 5) is 36.0. The molecule has 0 aliphatic rings. The van der Waals surface area contributed by atoms with Gasteiger partial charge in [-0.1, -0.05) is 0 Å². The fraction of sp³-hybridized carbons (Fsp3) is 0.500. The van der Waals surface area contributed by atoms with E-state index >= 15 is 0 Å². The number of hydrogen-bond acceptors (Lipinski definition) is 7. The maximum absolute atomic E-state index is 9.00. The number of hydrogen-bond donors (Lipinski definition) is 5. The van der Waals surface area contributed by atoms with Gasteiger partial charge >= 0.3 is 29.6 Å². The molecule has 0 aromatic heterocycles. The van der Waals surface area contributed by atoms with Crippen molar-refractivity contribution >= 4 is 34.3 Å². The van der Waals surface area contributed by atoms with Crippen LogP contribution in [0.2, 0.25) is 0 Å². The second kappa shape index (κ2) is 63.3. The van der Waals surface area contributed by atoms with Gasteiger partial charge in [-0.3, -0.25) is 23.7 Å². The molecule has 0 aliphatic heterocycles. The Labute approximate surface area is 187 Å². The van der Waals surface area contributed by atoms with Crippen LogP contribution in [0.1, 0.15) is 27.7 Å². The zero-order valence-corrected chi connectivity index (χ0v) is 18.8. The monoisotopic (exact) mass is 486 g/mol. The van der Waals surface area contributed by atoms with Crippen LogP contribution in [-0.4, -0.2) is 100 Å². The molecule has 0 amide bonds. The largest absolute Gasteiger partial charge is 1.00 e. The molecule has 21 heteroatoms. The zero-order valence-electron chi connectivity index (χ0n) is 16.0. The van der Waals surface area contributed by atoms with Crippen molar-refractivity contribution in [1.29, 1.82) is 0 Å². The van der Waals surface area contributed by atoms with Crippen LogP contribution in [0.15, 0.2) is 0 Å². The Morgan fingerprint density at radius 3 is 0.552 bits per heavy atom. The first kappa shape index (κ1) is 91.9. The Morgan fingerprint density at radius 2 is 0.552 bits per heavy atom. The SMILES string of the molecule is CC(=O)O.CC(=O)O.CC(=O)O.CC(=O)O.O.O.O.O.O.O.O.O=S(=O)([O-])O.[Na+]. The van der Waals surface area contributed by atoms with Crippen LogP contribution >= 0.6 is 0 Å². The van der Waals surface area contributed by atoms with Gasteiger partial charge in [-0.2, -0.15) is 0 Å². The average molecular weight is 486 g/mol. The molecule has 0 radical (unpaired) electrons. The summed E-state index contributed by atoms with van der Waals surface area (Å²) in [6, 6.07) is 0. The molecule has 29 heavy (non-hydrogen) atoms. The molecule has 0 saturated carbocycles. The third-order valence-corrected chi connectivity index (χ3v) is 0. The molecule has 0 aromatic rings. The summed E-state index contributed by atoms with van der Waals surface area (Å²) in [7, 11) is -4.92. The Balaban J connectivity index is -0.00000000941. The van der Waals surface area contributed by atoms with Gasteiger partial charge in [0.25, 0.3) is 23.9 Å². The van der Waals surface area contributed by atoms with Crippen molar-refractivity contribution < 1.29 is 125 Å². The van der Waals surface area contributed by atoms with Crippen LogP contribution in [-0.2, 0) is 29.6 Å². The third kappa shape index (κ3) is 6770. The number of carboxylic acid groups (broad SMARTS) is 4. The molecule has 184 valence electrons. The van der Waals surface area contributed by atoms with Gasteiger partial charge in [0.1, 0.15) is 0 Å². The molecule has 0 unspecified atom stereocenters. The second-order valence-electron chi connectivity index (χ2n) is 2.50. The van der Waals surface area contributed by atoms with E-state index in [2.05, 4.69) is 0 Å². The van der Waals surface area contributed by atoms with Crippen molar-refractivity contribution in [3.05, 3.63) is 0 Å². The van der Waals surface area contributed by atoms with Gasteiger partial charge in [-0.25, -0.2) is 8.42 Å². The maximum Gasteiger partial charge on any atom is 1.00 e. The smallest absolute Gasteiger partial charge is 0.726 e. The van der Waals surface area contributed by atoms with E-state index in [4.69, 9.17) is 57.1 Å². The van der Waals surface area contributed by atoms with Gasteiger partial charge in [0.05, 0.1) is 0 Å². The summed E-state index contributed by atoms with van der Waals surface area (Å²) >= 11 is 0. The number of aliphatic carboxylic acids is 4. The van der Waals surface area contributed by atoms with Gasteiger partial charge in [0.15, 0.2) is 0 Å². The first-order chi connectivity index (χ1) is 8.93. The molecule has 0 saturated heterocycles. The first-order valence-electron chi connectivity index (χ1n) is 4.39. The van der Waals surface area contributed by atoms with Gasteiger partial charge < -0.3 is 63.3 Å². The summed E-state index contributed by atoms with van der Waals surface area (Å²) < 4.78 is 32.8. The molecule has 19 nitrogen and oxygen atoms in total. The van der Waals surface area contributed by atoms with E-state index in [1.807, 2.05) is 0 Å². The average Bonchev–Trinajstić information content (AvgIpc) is 1.91. The molecule has 0 aromatic carbocycles. The van der Waals surface area contributed by atoms with Crippen molar-refractivity contribution in [2.24, 2.45) is 0 Å². The molecule has 0 aliphatic carbocycles. The van der Waals surface area contributed by atoms with E-state index in [1.165, 1.54) is 0 Å². The first-order valence-corrected chi connectivity index (χ1v) is 5.76. The molecular formula is C8H31NaO19S. The van der Waals surface area contributed by atoms with E-state index in [0.29, 0.717) is 0 Å². The van der Waals surface area contributed by atoms with Gasteiger partial charge in [0, 0.05) is 27.7 Å². The summed E-state index contributed by atoms with van der Waals surface area (Å²) in [5, 5.41) is 29.7. The van der Waals surface area contributed by atoms with Crippen LogP contribution < -0.4 is 29.6 Å². The molecule has 0 atom stereocenters. The zero-order chi connectivity index (χ0) is 18.8. The predicted molar refractivity (Wildman–Crippen MR) is 90.9 cm³/mol. The minimum Gasteiger partial charge on any atom is -0.726 e. The van der Waals surface area contributed by atoms with Crippen molar-refractivity contribution in [1.82, 2.24) is 0 Å². The molecule has 19 N–H and O–H groups in total. The second-order valence-corrected chi connectivity index (χ2v) is 3.36. The van der Waals surface area contributed by atoms with Gasteiger partial charge in [-0.15, -0.1) is 0 Å². The van der Waals surface area contributed by atoms with Crippen molar-refractivity contribution in [2.75, 3.05) is 0 Å². The molecule has 0 bridgehead atoms. The minimum absolute atomic E-state index is 0. The summed E-state index contributed by atoms with van der Waals surface area (Å²) in [5.74, 6) is -3.33. The topological polar surface area (TPSA) is 447 Å². The summed E-state index contributed by atoms with van der Waals surface area (Å²) in [6.45, 7) is 4.33. The molecule has 0 fully saturated rings. The fourth-order valence-electron chi connectivity index (χ4n) is 0. The number of carbonyl (C=O) groups is 4. The minimum atomic E-state index is -4.92. The van der Waals surface area contributed by atoms with E-state index < -0.39 is 34.3 Å². The molecular weight excluding hydrogens is 455 g/mol. The molecule has 0 rings (SSSR count). The summed E-state index contributed by atoms with van der Waals surface area (Å²) in [5.41, 5.74) is 0. The van der Waals surface area contributed by atoms with Crippen LogP contribution in [0.25, 0.3) is 0 Å². The predicted octanol–water partition coefficient (Wildman–Crippen LogP) is -9.40. The Morgan fingerprint density at radius 1 is 0.552 bits per heavy atom. The van der Waals surface area contributed by atoms with Crippen LogP contribution in [0.4, 0.5) is 0 Å². The van der Waals surface area contributed by atoms with Crippen molar-refractivity contribution in [2.45, 2.75) is 27.7 Å². The fourth-order valence-corrected chi connectivity index (χ4v) is 0. The Bertz CT molecular complexity index is 334. The third-order valence-electron chi connectivity index (χ3n) is 0. The normalized spacial score (nSPS) is 5.45. The van der Waals surface area contributed by atoms with Crippen LogP contribution in [0.5, 0.6) is 0 Å². The number of carboxylic acids is 4. The number of rotatable bonds is 0. The van der Waals surface area contributed by atoms with E-state index in [-0.39, 0.29) is 67.9 Å². The Kier molecular flexibility index (Phi) is 201. The molecule has 0 spiro atoms. The molecule has 0 heterocycles. The standard InChI is InChI=1S/4C2H4O2.Na.H2O4S.7H2O/c4*1-2(3)4;;1-5(2,3)4;;;;;;;/h4*1H3,(H,3,4);;(H2,1,2,3,4);7*1H2/q;;;;+1;;;;;;;;/p-1. The quantitative estimate of drug-likeness (QED) is 0.121. The maximum atomic E-state index is 9.00. The van der Waals surface area contributed by atoms with Crippen LogP contribution in [0.3, 0.4) is 0 Å².